The van der Waals surface area contributed by atoms with Crippen LogP contribution in [0.4, 0.5) is 4.79 Å². The van der Waals surface area contributed by atoms with Gasteiger partial charge in [0.1, 0.15) is 11.3 Å². The quantitative estimate of drug-likeness (QED) is 0.847. The highest BCUT2D eigenvalue weighted by molar-refractivity contribution is 6.07. The molecule has 1 aromatic heterocycles. The highest BCUT2D eigenvalue weighted by atomic mass is 16.5. The van der Waals surface area contributed by atoms with Crippen LogP contribution in [0, 0.1) is 13.8 Å². The van der Waals surface area contributed by atoms with E-state index in [9.17, 15) is 9.59 Å². The fraction of sp³-hybridized carbons (Fsp3) is 0.421. The number of carbonyl (C=O) groups is 2. The normalized spacial score (nSPS) is 20.2. The molecule has 132 valence electrons. The lowest BCUT2D eigenvalue weighted by atomic mass is 9.91. The Morgan fingerprint density at radius 2 is 1.88 bits per heavy atom. The summed E-state index contributed by atoms with van der Waals surface area (Å²) in [6, 6.07) is 7.47. The van der Waals surface area contributed by atoms with E-state index in [0.29, 0.717) is 11.5 Å². The molecular formula is C19H23N3O3. The van der Waals surface area contributed by atoms with Crippen LogP contribution in [-0.2, 0) is 23.3 Å². The Morgan fingerprint density at radius 3 is 2.44 bits per heavy atom. The van der Waals surface area contributed by atoms with E-state index in [0.717, 1.165) is 24.0 Å². The molecule has 1 N–H and O–H groups in total. The van der Waals surface area contributed by atoms with Gasteiger partial charge in [-0.1, -0.05) is 42.8 Å². The monoisotopic (exact) mass is 341 g/mol. The van der Waals surface area contributed by atoms with Crippen LogP contribution in [-0.4, -0.2) is 22.0 Å². The van der Waals surface area contributed by atoms with Crippen molar-refractivity contribution >= 4 is 11.9 Å². The van der Waals surface area contributed by atoms with Gasteiger partial charge in [0.15, 0.2) is 0 Å². The molecule has 2 aromatic rings. The summed E-state index contributed by atoms with van der Waals surface area (Å²) in [5, 5.41) is 6.72. The fourth-order valence-corrected chi connectivity index (χ4v) is 3.22. The molecule has 1 fully saturated rings. The standard InChI is InChI=1S/C19H23N3O3/c1-5-6-14-7-9-15(10-8-14)19(4)17(23)22(18(24)20-19)11-16-12(2)21-25-13(16)3/h7-10H,5-6,11H2,1-4H3,(H,20,24)/t19-/m1/s1. The molecule has 0 saturated carbocycles. The van der Waals surface area contributed by atoms with Gasteiger partial charge < -0.3 is 9.84 Å². The van der Waals surface area contributed by atoms with E-state index in [2.05, 4.69) is 17.4 Å². The van der Waals surface area contributed by atoms with Crippen LogP contribution >= 0.6 is 0 Å². The third kappa shape index (κ3) is 2.92. The number of nitrogens with one attached hydrogen (secondary N) is 1. The van der Waals surface area contributed by atoms with Gasteiger partial charge in [-0.25, -0.2) is 4.79 Å². The number of rotatable bonds is 5. The number of hydrogen-bond donors (Lipinski definition) is 1. The molecule has 1 atom stereocenters. The Labute approximate surface area is 147 Å². The first-order valence-corrected chi connectivity index (χ1v) is 8.52. The van der Waals surface area contributed by atoms with Crippen molar-refractivity contribution in [1.29, 1.82) is 0 Å². The number of benzene rings is 1. The lowest BCUT2D eigenvalue weighted by molar-refractivity contribution is -0.131. The predicted molar refractivity (Wildman–Crippen MR) is 92.8 cm³/mol. The lowest BCUT2D eigenvalue weighted by Gasteiger charge is -2.22. The first-order chi connectivity index (χ1) is 11.9. The molecule has 25 heavy (non-hydrogen) atoms. The lowest BCUT2D eigenvalue weighted by Crippen LogP contribution is -2.40. The van der Waals surface area contributed by atoms with Crippen molar-refractivity contribution in [3.05, 3.63) is 52.4 Å². The summed E-state index contributed by atoms with van der Waals surface area (Å²) in [5.74, 6) is 0.358. The van der Waals surface area contributed by atoms with E-state index < -0.39 is 11.6 Å². The van der Waals surface area contributed by atoms with Crippen LogP contribution in [0.15, 0.2) is 28.8 Å². The Balaban J connectivity index is 1.86. The van der Waals surface area contributed by atoms with Gasteiger partial charge >= 0.3 is 6.03 Å². The number of nitrogens with zero attached hydrogens (tertiary/aromatic N) is 2. The minimum absolute atomic E-state index is 0.162. The zero-order valence-electron chi connectivity index (χ0n) is 15.0. The van der Waals surface area contributed by atoms with Crippen molar-refractivity contribution in [2.75, 3.05) is 0 Å². The zero-order valence-corrected chi connectivity index (χ0v) is 15.0. The third-order valence-corrected chi connectivity index (χ3v) is 4.84. The number of imide groups is 1. The van der Waals surface area contributed by atoms with Gasteiger partial charge in [0.2, 0.25) is 0 Å². The van der Waals surface area contributed by atoms with Gasteiger partial charge in [-0.05, 0) is 38.3 Å². The topological polar surface area (TPSA) is 75.4 Å². The van der Waals surface area contributed by atoms with Crippen LogP contribution in [0.1, 0.15) is 48.4 Å². The second kappa shape index (κ2) is 6.35. The SMILES string of the molecule is CCCc1ccc([C@@]2(C)NC(=O)N(Cc3c(C)noc3C)C2=O)cc1. The van der Waals surface area contributed by atoms with Crippen molar-refractivity contribution in [3.63, 3.8) is 0 Å². The number of urea groups is 1. The van der Waals surface area contributed by atoms with Gasteiger partial charge in [0.05, 0.1) is 12.2 Å². The minimum atomic E-state index is -1.05. The first-order valence-electron chi connectivity index (χ1n) is 8.52. The second-order valence-corrected chi connectivity index (χ2v) is 6.70. The molecule has 3 rings (SSSR count). The molecule has 1 aromatic carbocycles. The maximum absolute atomic E-state index is 13.0. The molecule has 6 nitrogen and oxygen atoms in total. The molecule has 0 radical (unpaired) electrons. The average molecular weight is 341 g/mol. The Kier molecular flexibility index (Phi) is 4.37. The molecule has 1 saturated heterocycles. The maximum Gasteiger partial charge on any atom is 0.325 e. The average Bonchev–Trinajstić information content (AvgIpc) is 3.01. The summed E-state index contributed by atoms with van der Waals surface area (Å²) in [4.78, 5) is 26.7. The van der Waals surface area contributed by atoms with Crippen molar-refractivity contribution in [2.24, 2.45) is 0 Å². The van der Waals surface area contributed by atoms with Crippen molar-refractivity contribution in [3.8, 4) is 0 Å². The highest BCUT2D eigenvalue weighted by Crippen LogP contribution is 2.31. The minimum Gasteiger partial charge on any atom is -0.361 e. The van der Waals surface area contributed by atoms with Gasteiger partial charge in [-0.15, -0.1) is 0 Å². The molecule has 0 spiro atoms. The molecule has 0 bridgehead atoms. The smallest absolute Gasteiger partial charge is 0.325 e. The largest absolute Gasteiger partial charge is 0.361 e. The number of amides is 3. The molecule has 2 heterocycles. The number of aromatic nitrogens is 1. The highest BCUT2D eigenvalue weighted by Gasteiger charge is 2.49. The fourth-order valence-electron chi connectivity index (χ4n) is 3.22. The van der Waals surface area contributed by atoms with E-state index >= 15 is 0 Å². The van der Waals surface area contributed by atoms with Crippen molar-refractivity contribution in [2.45, 2.75) is 52.6 Å². The predicted octanol–water partition coefficient (Wildman–Crippen LogP) is 3.21. The van der Waals surface area contributed by atoms with Crippen molar-refractivity contribution in [1.82, 2.24) is 15.4 Å². The van der Waals surface area contributed by atoms with E-state index in [1.54, 1.807) is 20.8 Å². The van der Waals surface area contributed by atoms with E-state index in [-0.39, 0.29) is 12.5 Å². The second-order valence-electron chi connectivity index (χ2n) is 6.70. The van der Waals surface area contributed by atoms with Gasteiger partial charge in [-0.2, -0.15) is 0 Å². The number of aryl methyl sites for hydroxylation is 3. The number of carbonyl (C=O) groups excluding carboxylic acids is 2. The molecular weight excluding hydrogens is 318 g/mol. The van der Waals surface area contributed by atoms with Crippen LogP contribution in [0.25, 0.3) is 0 Å². The third-order valence-electron chi connectivity index (χ3n) is 4.84. The van der Waals surface area contributed by atoms with Crippen LogP contribution in [0.2, 0.25) is 0 Å². The van der Waals surface area contributed by atoms with Crippen molar-refractivity contribution < 1.29 is 14.1 Å². The van der Waals surface area contributed by atoms with Crippen LogP contribution in [0.5, 0.6) is 0 Å². The first kappa shape index (κ1) is 17.2. The summed E-state index contributed by atoms with van der Waals surface area (Å²) in [6.45, 7) is 7.61. The van der Waals surface area contributed by atoms with E-state index in [1.807, 2.05) is 24.3 Å². The zero-order chi connectivity index (χ0) is 18.2. The maximum atomic E-state index is 13.0. The summed E-state index contributed by atoms with van der Waals surface area (Å²) < 4.78 is 5.13. The van der Waals surface area contributed by atoms with Gasteiger partial charge in [-0.3, -0.25) is 9.69 Å². The number of hydrogen-bond acceptors (Lipinski definition) is 4. The van der Waals surface area contributed by atoms with Gasteiger partial charge in [0, 0.05) is 5.56 Å². The molecule has 1 aliphatic rings. The summed E-state index contributed by atoms with van der Waals surface area (Å²) in [7, 11) is 0. The van der Waals surface area contributed by atoms with Gasteiger partial charge in [0.25, 0.3) is 5.91 Å². The Hall–Kier alpha value is -2.63. The van der Waals surface area contributed by atoms with Crippen LogP contribution < -0.4 is 5.32 Å². The van der Waals surface area contributed by atoms with E-state index in [1.165, 1.54) is 10.5 Å². The molecule has 3 amide bonds. The van der Waals surface area contributed by atoms with Crippen LogP contribution in [0.3, 0.4) is 0 Å². The molecule has 0 unspecified atom stereocenters. The molecule has 0 aliphatic carbocycles. The Bertz CT molecular complexity index is 790. The molecule has 6 heteroatoms. The summed E-state index contributed by atoms with van der Waals surface area (Å²) in [6.07, 6.45) is 2.06. The summed E-state index contributed by atoms with van der Waals surface area (Å²) >= 11 is 0. The Morgan fingerprint density at radius 1 is 1.20 bits per heavy atom. The summed E-state index contributed by atoms with van der Waals surface area (Å²) in [5.41, 5.74) is 2.41. The molecule has 1 aliphatic heterocycles. The van der Waals surface area contributed by atoms with E-state index in [4.69, 9.17) is 4.52 Å².